The number of likely N-dealkylation sites (N-methyl/N-ethyl adjacent to an activating group) is 1. The summed E-state index contributed by atoms with van der Waals surface area (Å²) in [6.07, 6.45) is 4.08. The molecule has 1 saturated heterocycles. The van der Waals surface area contributed by atoms with Crippen LogP contribution >= 0.6 is 0 Å². The van der Waals surface area contributed by atoms with Gasteiger partial charge >= 0.3 is 0 Å². The van der Waals surface area contributed by atoms with Crippen molar-refractivity contribution in [1.82, 2.24) is 15.1 Å². The summed E-state index contributed by atoms with van der Waals surface area (Å²) < 4.78 is 0. The zero-order valence-corrected chi connectivity index (χ0v) is 13.4. The van der Waals surface area contributed by atoms with E-state index < -0.39 is 0 Å². The monoisotopic (exact) mass is 307 g/mol. The summed E-state index contributed by atoms with van der Waals surface area (Å²) in [5, 5.41) is 17.2. The largest absolute Gasteiger partial charge is 0.351 e. The van der Waals surface area contributed by atoms with Crippen molar-refractivity contribution < 1.29 is 0 Å². The maximum Gasteiger partial charge on any atom is 0.151 e. The van der Waals surface area contributed by atoms with Crippen molar-refractivity contribution in [3.8, 4) is 6.07 Å². The van der Waals surface area contributed by atoms with Crippen molar-refractivity contribution in [3.63, 3.8) is 0 Å². The van der Waals surface area contributed by atoms with Crippen LogP contribution in [0.4, 0.5) is 5.82 Å². The van der Waals surface area contributed by atoms with E-state index in [1.807, 2.05) is 30.3 Å². The fourth-order valence-corrected chi connectivity index (χ4v) is 3.25. The Kier molecular flexibility index (Phi) is 4.84. The van der Waals surface area contributed by atoms with E-state index in [2.05, 4.69) is 39.2 Å². The first-order valence-corrected chi connectivity index (χ1v) is 7.98. The predicted molar refractivity (Wildman–Crippen MR) is 89.9 cm³/mol. The molecule has 0 unspecified atom stereocenters. The number of anilines is 1. The molecule has 1 aromatic carbocycles. The van der Waals surface area contributed by atoms with Crippen LogP contribution in [0.15, 0.2) is 42.6 Å². The van der Waals surface area contributed by atoms with Crippen molar-refractivity contribution in [2.75, 3.05) is 25.0 Å². The van der Waals surface area contributed by atoms with Crippen molar-refractivity contribution >= 4 is 5.82 Å². The molecule has 5 nitrogen and oxygen atoms in total. The third-order valence-electron chi connectivity index (χ3n) is 4.26. The summed E-state index contributed by atoms with van der Waals surface area (Å²) in [6, 6.07) is 14.5. The molecule has 2 heterocycles. The molecular formula is C18H21N5. The molecule has 0 bridgehead atoms. The molecule has 2 aromatic rings. The van der Waals surface area contributed by atoms with Gasteiger partial charge in [-0.15, -0.1) is 5.10 Å². The van der Waals surface area contributed by atoms with Crippen LogP contribution in [0.1, 0.15) is 24.0 Å². The van der Waals surface area contributed by atoms with Gasteiger partial charge in [0.05, 0.1) is 11.6 Å². The molecule has 118 valence electrons. The van der Waals surface area contributed by atoms with Crippen LogP contribution in [-0.4, -0.2) is 41.3 Å². The van der Waals surface area contributed by atoms with Gasteiger partial charge in [0.1, 0.15) is 0 Å². The lowest BCUT2D eigenvalue weighted by molar-refractivity contribution is 0.303. The molecular weight excluding hydrogens is 286 g/mol. The van der Waals surface area contributed by atoms with Gasteiger partial charge in [-0.05, 0) is 49.7 Å². The fraction of sp³-hybridized carbons (Fsp3) is 0.389. The fourth-order valence-electron chi connectivity index (χ4n) is 3.25. The molecule has 5 heteroatoms. The van der Waals surface area contributed by atoms with Gasteiger partial charge in [-0.25, -0.2) is 0 Å². The molecule has 0 radical (unpaired) electrons. The second-order valence-corrected chi connectivity index (χ2v) is 6.08. The van der Waals surface area contributed by atoms with Crippen LogP contribution in [0.5, 0.6) is 0 Å². The van der Waals surface area contributed by atoms with Gasteiger partial charge in [-0.3, -0.25) is 0 Å². The summed E-state index contributed by atoms with van der Waals surface area (Å²) in [5.41, 5.74) is 1.90. The Morgan fingerprint density at radius 3 is 3.04 bits per heavy atom. The first kappa shape index (κ1) is 15.4. The summed E-state index contributed by atoms with van der Waals surface area (Å²) >= 11 is 0. The molecule has 1 atom stereocenters. The van der Waals surface area contributed by atoms with Crippen LogP contribution < -0.4 is 4.90 Å². The molecule has 0 saturated carbocycles. The second kappa shape index (κ2) is 7.21. The van der Waals surface area contributed by atoms with E-state index in [9.17, 15) is 0 Å². The minimum atomic E-state index is 0.468. The van der Waals surface area contributed by atoms with Gasteiger partial charge < -0.3 is 9.80 Å². The van der Waals surface area contributed by atoms with E-state index in [1.165, 1.54) is 18.4 Å². The topological polar surface area (TPSA) is 56.1 Å². The normalized spacial score (nSPS) is 17.4. The van der Waals surface area contributed by atoms with Crippen molar-refractivity contribution in [1.29, 1.82) is 5.26 Å². The molecule has 0 N–H and O–H groups in total. The van der Waals surface area contributed by atoms with Crippen LogP contribution in [0.25, 0.3) is 0 Å². The average molecular weight is 307 g/mol. The van der Waals surface area contributed by atoms with Crippen LogP contribution in [0, 0.1) is 11.3 Å². The quantitative estimate of drug-likeness (QED) is 0.849. The van der Waals surface area contributed by atoms with E-state index in [1.54, 1.807) is 6.20 Å². The maximum atomic E-state index is 9.00. The molecule has 1 fully saturated rings. The molecule has 1 aromatic heterocycles. The number of hydrogen-bond donors (Lipinski definition) is 0. The molecule has 1 aliphatic rings. The Morgan fingerprint density at radius 1 is 1.35 bits per heavy atom. The highest BCUT2D eigenvalue weighted by Crippen LogP contribution is 2.23. The lowest BCUT2D eigenvalue weighted by Gasteiger charge is -2.29. The van der Waals surface area contributed by atoms with Crippen LogP contribution in [0.3, 0.4) is 0 Å². The van der Waals surface area contributed by atoms with Gasteiger partial charge in [0.25, 0.3) is 0 Å². The number of benzene rings is 1. The van der Waals surface area contributed by atoms with Crippen LogP contribution in [-0.2, 0) is 6.54 Å². The van der Waals surface area contributed by atoms with Gasteiger partial charge in [0.15, 0.2) is 5.82 Å². The molecule has 1 aliphatic heterocycles. The summed E-state index contributed by atoms with van der Waals surface area (Å²) in [5.74, 6) is 0.967. The Hall–Kier alpha value is -2.45. The van der Waals surface area contributed by atoms with E-state index in [-0.39, 0.29) is 0 Å². The Labute approximate surface area is 137 Å². The van der Waals surface area contributed by atoms with E-state index in [0.29, 0.717) is 6.04 Å². The maximum absolute atomic E-state index is 9.00. The minimum absolute atomic E-state index is 0.468. The van der Waals surface area contributed by atoms with E-state index >= 15 is 0 Å². The zero-order chi connectivity index (χ0) is 16.1. The van der Waals surface area contributed by atoms with Gasteiger partial charge in [-0.1, -0.05) is 12.1 Å². The smallest absolute Gasteiger partial charge is 0.151 e. The van der Waals surface area contributed by atoms with E-state index in [4.69, 9.17) is 5.26 Å². The molecule has 3 rings (SSSR count). The van der Waals surface area contributed by atoms with Crippen molar-refractivity contribution in [3.05, 3.63) is 53.7 Å². The third kappa shape index (κ3) is 3.85. The van der Waals surface area contributed by atoms with Crippen LogP contribution in [0.2, 0.25) is 0 Å². The SMILES string of the molecule is CN(Cc1cccc(C#N)c1)C[C@H]1CCCN1c1cccnn1. The minimum Gasteiger partial charge on any atom is -0.351 e. The second-order valence-electron chi connectivity index (χ2n) is 6.08. The zero-order valence-electron chi connectivity index (χ0n) is 13.4. The highest BCUT2D eigenvalue weighted by atomic mass is 15.3. The van der Waals surface area contributed by atoms with Crippen molar-refractivity contribution in [2.45, 2.75) is 25.4 Å². The highest BCUT2D eigenvalue weighted by molar-refractivity contribution is 5.39. The summed E-state index contributed by atoms with van der Waals surface area (Å²) in [7, 11) is 2.13. The standard InChI is InChI=1S/C18H21N5/c1-22(13-16-6-2-5-15(11-16)12-19)14-17-7-4-10-23(17)18-8-3-9-20-21-18/h2-3,5-6,8-9,11,17H,4,7,10,13-14H2,1H3/t17-/m1/s1. The number of hydrogen-bond acceptors (Lipinski definition) is 5. The molecule has 0 amide bonds. The van der Waals surface area contributed by atoms with Gasteiger partial charge in [-0.2, -0.15) is 10.4 Å². The average Bonchev–Trinajstić information content (AvgIpc) is 3.03. The number of nitrogens with zero attached hydrogens (tertiary/aromatic N) is 5. The lowest BCUT2D eigenvalue weighted by atomic mass is 10.1. The predicted octanol–water partition coefficient (Wildman–Crippen LogP) is 2.45. The van der Waals surface area contributed by atoms with Gasteiger partial charge in [0.2, 0.25) is 0 Å². The number of nitriles is 1. The molecule has 0 spiro atoms. The first-order valence-electron chi connectivity index (χ1n) is 7.98. The molecule has 0 aliphatic carbocycles. The highest BCUT2D eigenvalue weighted by Gasteiger charge is 2.26. The Bertz CT molecular complexity index is 679. The van der Waals surface area contributed by atoms with Crippen molar-refractivity contribution in [2.24, 2.45) is 0 Å². The summed E-state index contributed by atoms with van der Waals surface area (Å²) in [4.78, 5) is 4.67. The third-order valence-corrected chi connectivity index (χ3v) is 4.26. The summed E-state index contributed by atoms with van der Waals surface area (Å²) in [6.45, 7) is 2.87. The Balaban J connectivity index is 1.63. The number of rotatable bonds is 5. The first-order chi connectivity index (χ1) is 11.3. The molecule has 23 heavy (non-hydrogen) atoms. The number of aromatic nitrogens is 2. The van der Waals surface area contributed by atoms with E-state index in [0.717, 1.165) is 31.0 Å². The lowest BCUT2D eigenvalue weighted by Crippen LogP contribution is -2.39. The Morgan fingerprint density at radius 2 is 2.26 bits per heavy atom. The van der Waals surface area contributed by atoms with Gasteiger partial charge in [0, 0.05) is 31.9 Å².